The van der Waals surface area contributed by atoms with E-state index in [1.54, 1.807) is 14.2 Å². The van der Waals surface area contributed by atoms with Gasteiger partial charge in [0.15, 0.2) is 0 Å². The van der Waals surface area contributed by atoms with Crippen LogP contribution in [-0.4, -0.2) is 57.1 Å². The summed E-state index contributed by atoms with van der Waals surface area (Å²) in [6.07, 6.45) is 2.68. The number of carbonyl (C=O) groups excluding carboxylic acids is 1. The Morgan fingerprint density at radius 3 is 2.67 bits per heavy atom. The van der Waals surface area contributed by atoms with E-state index in [0.29, 0.717) is 37.7 Å². The van der Waals surface area contributed by atoms with Gasteiger partial charge in [0.1, 0.15) is 11.5 Å². The van der Waals surface area contributed by atoms with Crippen molar-refractivity contribution in [3.8, 4) is 0 Å². The van der Waals surface area contributed by atoms with E-state index in [9.17, 15) is 9.90 Å². The average Bonchev–Trinajstić information content (AvgIpc) is 2.34. The number of nitrogens with one attached hydrogen (secondary N) is 1. The van der Waals surface area contributed by atoms with Gasteiger partial charge >= 0.3 is 0 Å². The fraction of sp³-hybridized carbons (Fsp3) is 0.500. The van der Waals surface area contributed by atoms with Gasteiger partial charge in [0.25, 0.3) is 0 Å². The smallest absolute Gasteiger partial charge is 0.207 e. The molecule has 0 radical (unpaired) electrons. The van der Waals surface area contributed by atoms with Gasteiger partial charge in [-0.1, -0.05) is 0 Å². The highest BCUT2D eigenvalue weighted by atomic mass is 16.5. The number of hydrogen-bond donors (Lipinski definition) is 2. The molecule has 1 rings (SSSR count). The van der Waals surface area contributed by atoms with Crippen molar-refractivity contribution < 1.29 is 19.4 Å². The summed E-state index contributed by atoms with van der Waals surface area (Å²) in [4.78, 5) is 15.7. The quantitative estimate of drug-likeness (QED) is 0.502. The number of nitrogens with zero attached hydrogens (tertiary/aromatic N) is 1. The SMILES string of the molecule is COCCN=C1C=C(NCCOC)C(O)=CC1=O. The van der Waals surface area contributed by atoms with Crippen molar-refractivity contribution in [1.82, 2.24) is 5.32 Å². The second-order valence-electron chi connectivity index (χ2n) is 3.63. The molecular formula is C12H18N2O4. The molecule has 0 heterocycles. The molecule has 100 valence electrons. The van der Waals surface area contributed by atoms with E-state index < -0.39 is 0 Å². The van der Waals surface area contributed by atoms with Crippen LogP contribution in [0.15, 0.2) is 28.6 Å². The molecule has 6 nitrogen and oxygen atoms in total. The zero-order valence-electron chi connectivity index (χ0n) is 10.6. The number of allylic oxidation sites excluding steroid dienone is 2. The molecule has 0 spiro atoms. The van der Waals surface area contributed by atoms with Gasteiger partial charge in [-0.25, -0.2) is 0 Å². The van der Waals surface area contributed by atoms with Gasteiger partial charge in [-0.15, -0.1) is 0 Å². The number of rotatable bonds is 7. The van der Waals surface area contributed by atoms with Gasteiger partial charge in [0, 0.05) is 26.8 Å². The molecule has 6 heteroatoms. The van der Waals surface area contributed by atoms with Crippen molar-refractivity contribution in [3.63, 3.8) is 0 Å². The lowest BCUT2D eigenvalue weighted by molar-refractivity contribution is -0.109. The number of carbonyl (C=O) groups is 1. The van der Waals surface area contributed by atoms with E-state index in [1.807, 2.05) is 0 Å². The monoisotopic (exact) mass is 254 g/mol. The van der Waals surface area contributed by atoms with Crippen LogP contribution in [-0.2, 0) is 14.3 Å². The first-order valence-electron chi connectivity index (χ1n) is 5.62. The van der Waals surface area contributed by atoms with E-state index in [4.69, 9.17) is 9.47 Å². The third-order valence-electron chi connectivity index (χ3n) is 2.28. The summed E-state index contributed by atoms with van der Waals surface area (Å²) in [5.74, 6) is -0.386. The number of aliphatic imine (C=N–C) groups is 1. The van der Waals surface area contributed by atoms with E-state index in [-0.39, 0.29) is 11.5 Å². The third kappa shape index (κ3) is 4.31. The van der Waals surface area contributed by atoms with Crippen LogP contribution in [0.5, 0.6) is 0 Å². The molecule has 0 aromatic rings. The predicted molar refractivity (Wildman–Crippen MR) is 67.9 cm³/mol. The van der Waals surface area contributed by atoms with E-state index in [1.165, 1.54) is 6.08 Å². The summed E-state index contributed by atoms with van der Waals surface area (Å²) < 4.78 is 9.75. The summed E-state index contributed by atoms with van der Waals surface area (Å²) in [5, 5.41) is 12.6. The van der Waals surface area contributed by atoms with Crippen molar-refractivity contribution in [1.29, 1.82) is 0 Å². The Bertz CT molecular complexity index is 386. The van der Waals surface area contributed by atoms with E-state index in [0.717, 1.165) is 6.08 Å². The highest BCUT2D eigenvalue weighted by molar-refractivity contribution is 6.49. The predicted octanol–water partition coefficient (Wildman–Crippen LogP) is 0.218. The minimum Gasteiger partial charge on any atom is -0.506 e. The fourth-order valence-corrected chi connectivity index (χ4v) is 1.37. The third-order valence-corrected chi connectivity index (χ3v) is 2.28. The Morgan fingerprint density at radius 2 is 2.00 bits per heavy atom. The molecule has 0 aromatic heterocycles. The number of aliphatic hydroxyl groups is 1. The number of ether oxygens (including phenoxy) is 2. The largest absolute Gasteiger partial charge is 0.506 e. The molecule has 0 unspecified atom stereocenters. The molecule has 1 aliphatic rings. The fourth-order valence-electron chi connectivity index (χ4n) is 1.37. The van der Waals surface area contributed by atoms with Crippen molar-refractivity contribution in [2.45, 2.75) is 0 Å². The van der Waals surface area contributed by atoms with Crippen LogP contribution in [0.4, 0.5) is 0 Å². The summed E-state index contributed by atoms with van der Waals surface area (Å²) in [6.45, 7) is 1.91. The molecule has 0 atom stereocenters. The van der Waals surface area contributed by atoms with Crippen LogP contribution in [0.1, 0.15) is 0 Å². The first-order valence-corrected chi connectivity index (χ1v) is 5.62. The first kappa shape index (κ1) is 14.4. The van der Waals surface area contributed by atoms with Crippen LogP contribution >= 0.6 is 0 Å². The van der Waals surface area contributed by atoms with Crippen molar-refractivity contribution in [2.75, 3.05) is 40.5 Å². The maximum atomic E-state index is 11.6. The number of hydrogen-bond acceptors (Lipinski definition) is 6. The maximum absolute atomic E-state index is 11.6. The highest BCUT2D eigenvalue weighted by Crippen LogP contribution is 2.10. The van der Waals surface area contributed by atoms with Crippen molar-refractivity contribution in [2.24, 2.45) is 4.99 Å². The van der Waals surface area contributed by atoms with Crippen LogP contribution < -0.4 is 5.32 Å². The number of ketones is 1. The minimum absolute atomic E-state index is 0.0817. The lowest BCUT2D eigenvalue weighted by Gasteiger charge is -2.14. The Morgan fingerprint density at radius 1 is 1.28 bits per heavy atom. The molecule has 0 amide bonds. The van der Waals surface area contributed by atoms with Gasteiger partial charge in [0.2, 0.25) is 5.78 Å². The van der Waals surface area contributed by atoms with Crippen molar-refractivity contribution >= 4 is 11.5 Å². The zero-order chi connectivity index (χ0) is 13.4. The second kappa shape index (κ2) is 7.62. The van der Waals surface area contributed by atoms with E-state index in [2.05, 4.69) is 10.3 Å². The van der Waals surface area contributed by atoms with Crippen LogP contribution in [0.2, 0.25) is 0 Å². The molecule has 0 bridgehead atoms. The minimum atomic E-state index is -0.305. The molecule has 0 aliphatic heterocycles. The Kier molecular flexibility index (Phi) is 6.10. The first-order chi connectivity index (χ1) is 8.69. The number of methoxy groups -OCH3 is 2. The molecule has 1 aliphatic carbocycles. The highest BCUT2D eigenvalue weighted by Gasteiger charge is 2.17. The summed E-state index contributed by atoms with van der Waals surface area (Å²) in [6, 6.07) is 0. The zero-order valence-corrected chi connectivity index (χ0v) is 10.6. The lowest BCUT2D eigenvalue weighted by atomic mass is 10.1. The molecule has 2 N–H and O–H groups in total. The van der Waals surface area contributed by atoms with Gasteiger partial charge in [-0.3, -0.25) is 9.79 Å². The van der Waals surface area contributed by atoms with Crippen LogP contribution in [0.25, 0.3) is 0 Å². The van der Waals surface area contributed by atoms with Gasteiger partial charge in [-0.05, 0) is 6.08 Å². The lowest BCUT2D eigenvalue weighted by Crippen LogP contribution is -2.26. The summed E-state index contributed by atoms with van der Waals surface area (Å²) in [7, 11) is 3.16. The van der Waals surface area contributed by atoms with Gasteiger partial charge in [-0.2, -0.15) is 0 Å². The molecule has 0 aromatic carbocycles. The normalized spacial score (nSPS) is 17.7. The molecule has 0 saturated carbocycles. The standard InChI is InChI=1S/C12H18N2O4/c1-17-5-3-13-9-7-10(14-4-6-18-2)12(16)8-11(9)15/h7-8,13,15H,3-6H2,1-2H3. The maximum Gasteiger partial charge on any atom is 0.207 e. The van der Waals surface area contributed by atoms with Crippen LogP contribution in [0, 0.1) is 0 Å². The summed E-state index contributed by atoms with van der Waals surface area (Å²) >= 11 is 0. The molecule has 0 saturated heterocycles. The average molecular weight is 254 g/mol. The summed E-state index contributed by atoms with van der Waals surface area (Å²) in [5.41, 5.74) is 0.785. The Balaban J connectivity index is 2.68. The van der Waals surface area contributed by atoms with Gasteiger partial charge < -0.3 is 19.9 Å². The molecule has 0 fully saturated rings. The number of aliphatic hydroxyl groups excluding tert-OH is 1. The van der Waals surface area contributed by atoms with E-state index >= 15 is 0 Å². The topological polar surface area (TPSA) is 80.2 Å². The van der Waals surface area contributed by atoms with Gasteiger partial charge in [0.05, 0.1) is 25.5 Å². The van der Waals surface area contributed by atoms with Crippen molar-refractivity contribution in [3.05, 3.63) is 23.6 Å². The Hall–Kier alpha value is -1.66. The molecular weight excluding hydrogens is 236 g/mol. The van der Waals surface area contributed by atoms with Crippen LogP contribution in [0.3, 0.4) is 0 Å². The second-order valence-corrected chi connectivity index (χ2v) is 3.63. The molecule has 18 heavy (non-hydrogen) atoms. The Labute approximate surface area is 106 Å².